The molecule has 0 heterocycles. The Bertz CT molecular complexity index is 1790. The van der Waals surface area contributed by atoms with Crippen LogP contribution in [-0.2, 0) is 9.84 Å². The monoisotopic (exact) mass is 584 g/mol. The van der Waals surface area contributed by atoms with Gasteiger partial charge in [-0.3, -0.25) is 0 Å². The smallest absolute Gasteiger partial charge is 0.206 e. The van der Waals surface area contributed by atoms with Crippen LogP contribution in [0.4, 0.5) is 0 Å². The second kappa shape index (κ2) is 11.9. The Balaban J connectivity index is 1.09. The molecule has 0 aliphatic rings. The van der Waals surface area contributed by atoms with E-state index in [1.54, 1.807) is 48.5 Å². The summed E-state index contributed by atoms with van der Waals surface area (Å²) in [6.45, 7) is 2.06. The molecule has 0 aliphatic carbocycles. The highest BCUT2D eigenvalue weighted by molar-refractivity contribution is 7.91. The highest BCUT2D eigenvalue weighted by atomic mass is 32.2. The van der Waals surface area contributed by atoms with Gasteiger partial charge in [0.15, 0.2) is 0 Å². The average molecular weight is 585 g/mol. The first-order chi connectivity index (χ1) is 20.8. The van der Waals surface area contributed by atoms with Gasteiger partial charge in [0.25, 0.3) is 0 Å². The first kappa shape index (κ1) is 27.8. The number of hydrogen-bond acceptors (Lipinski definition) is 5. The van der Waals surface area contributed by atoms with Crippen molar-refractivity contribution in [2.45, 2.75) is 16.7 Å². The van der Waals surface area contributed by atoms with Gasteiger partial charge in [-0.25, -0.2) is 8.42 Å². The molecule has 0 aromatic heterocycles. The molecule has 0 atom stereocenters. The van der Waals surface area contributed by atoms with Crippen molar-refractivity contribution >= 4 is 9.84 Å². The Hall–Kier alpha value is -5.33. The van der Waals surface area contributed by atoms with E-state index < -0.39 is 9.84 Å². The third kappa shape index (κ3) is 6.45. The van der Waals surface area contributed by atoms with Gasteiger partial charge in [0.05, 0.1) is 9.79 Å². The summed E-state index contributed by atoms with van der Waals surface area (Å²) in [5.74, 6) is 2.57. The second-order valence-electron chi connectivity index (χ2n) is 10.1. The molecular weight excluding hydrogens is 556 g/mol. The maximum atomic E-state index is 13.3. The summed E-state index contributed by atoms with van der Waals surface area (Å²) in [6, 6.07) is 43.4. The lowest BCUT2D eigenvalue weighted by atomic mass is 10.0. The average Bonchev–Trinajstić information content (AvgIpc) is 3.03. The lowest BCUT2D eigenvalue weighted by Gasteiger charge is -2.10. The fourth-order valence-electron chi connectivity index (χ4n) is 4.61. The molecule has 212 valence electrons. The van der Waals surface area contributed by atoms with Crippen molar-refractivity contribution in [1.29, 1.82) is 0 Å². The van der Waals surface area contributed by atoms with Crippen LogP contribution in [0.3, 0.4) is 0 Å². The maximum absolute atomic E-state index is 13.3. The van der Waals surface area contributed by atoms with Crippen molar-refractivity contribution in [2.75, 3.05) is 0 Å². The Labute approximate surface area is 251 Å². The number of sulfone groups is 1. The van der Waals surface area contributed by atoms with Crippen LogP contribution in [0.15, 0.2) is 155 Å². The van der Waals surface area contributed by atoms with Crippen LogP contribution < -0.4 is 9.47 Å². The van der Waals surface area contributed by atoms with Gasteiger partial charge in [-0.15, -0.1) is 0 Å². The minimum atomic E-state index is -3.73. The number of phenolic OH excluding ortho intramolecular Hbond substituents is 1. The summed E-state index contributed by atoms with van der Waals surface area (Å²) >= 11 is 0. The molecule has 6 rings (SSSR count). The fraction of sp³-hybridized carbons (Fsp3) is 0.0270. The third-order valence-electron chi connectivity index (χ3n) is 7.03. The van der Waals surface area contributed by atoms with Crippen molar-refractivity contribution in [3.63, 3.8) is 0 Å². The zero-order chi connectivity index (χ0) is 29.8. The first-order valence-corrected chi connectivity index (χ1v) is 15.2. The van der Waals surface area contributed by atoms with E-state index in [9.17, 15) is 13.5 Å². The maximum Gasteiger partial charge on any atom is 0.206 e. The lowest BCUT2D eigenvalue weighted by molar-refractivity contribution is 0.475. The van der Waals surface area contributed by atoms with Gasteiger partial charge in [0, 0.05) is 0 Å². The molecule has 5 nitrogen and oxygen atoms in total. The summed E-state index contributed by atoms with van der Waals surface area (Å²) in [6.07, 6.45) is 0. The van der Waals surface area contributed by atoms with E-state index in [1.165, 1.54) is 17.7 Å². The topological polar surface area (TPSA) is 72.8 Å². The number of ether oxygens (including phenoxy) is 2. The molecule has 1 N–H and O–H groups in total. The third-order valence-corrected chi connectivity index (χ3v) is 8.82. The first-order valence-electron chi connectivity index (χ1n) is 13.7. The molecule has 0 saturated heterocycles. The molecule has 0 fully saturated rings. The number of benzene rings is 6. The van der Waals surface area contributed by atoms with Gasteiger partial charge < -0.3 is 14.6 Å². The minimum Gasteiger partial charge on any atom is -0.508 e. The molecule has 6 heteroatoms. The molecule has 6 aromatic rings. The van der Waals surface area contributed by atoms with Gasteiger partial charge >= 0.3 is 0 Å². The van der Waals surface area contributed by atoms with Crippen molar-refractivity contribution in [3.8, 4) is 51.0 Å². The molecule has 43 heavy (non-hydrogen) atoms. The van der Waals surface area contributed by atoms with Crippen molar-refractivity contribution in [1.82, 2.24) is 0 Å². The normalized spacial score (nSPS) is 11.2. The minimum absolute atomic E-state index is 0.169. The van der Waals surface area contributed by atoms with Gasteiger partial charge in [0.1, 0.15) is 28.7 Å². The molecular formula is C37H28O5S. The van der Waals surface area contributed by atoms with Crippen molar-refractivity contribution < 1.29 is 23.0 Å². The van der Waals surface area contributed by atoms with E-state index in [4.69, 9.17) is 9.47 Å². The van der Waals surface area contributed by atoms with E-state index in [1.807, 2.05) is 60.7 Å². The summed E-state index contributed by atoms with van der Waals surface area (Å²) in [5, 5.41) is 9.48. The van der Waals surface area contributed by atoms with Crippen LogP contribution in [0.2, 0.25) is 0 Å². The van der Waals surface area contributed by atoms with Gasteiger partial charge in [0.2, 0.25) is 9.84 Å². The van der Waals surface area contributed by atoms with Crippen LogP contribution in [0.25, 0.3) is 22.3 Å². The Morgan fingerprint density at radius 2 is 0.698 bits per heavy atom. The second-order valence-corrected chi connectivity index (χ2v) is 12.1. The predicted octanol–water partition coefficient (Wildman–Crippen LogP) is 9.45. The van der Waals surface area contributed by atoms with E-state index in [-0.39, 0.29) is 15.5 Å². The predicted molar refractivity (Wildman–Crippen MR) is 169 cm³/mol. The van der Waals surface area contributed by atoms with Gasteiger partial charge in [-0.05, 0) is 114 Å². The van der Waals surface area contributed by atoms with Crippen LogP contribution in [-0.4, -0.2) is 13.5 Å². The SMILES string of the molecule is Cc1ccc(-c2ccc(Oc3ccc(S(=O)(=O)c4ccc(Oc5ccc(-c6ccc(O)cc6)cc5)cc4)cc3)cc2)cc1. The molecule has 0 bridgehead atoms. The van der Waals surface area contributed by atoms with Crippen LogP contribution in [0, 0.1) is 6.92 Å². The van der Waals surface area contributed by atoms with E-state index in [0.717, 1.165) is 22.3 Å². The summed E-state index contributed by atoms with van der Waals surface area (Å²) < 4.78 is 38.4. The molecule has 0 radical (unpaired) electrons. The summed E-state index contributed by atoms with van der Waals surface area (Å²) in [5.41, 5.74) is 5.40. The highest BCUT2D eigenvalue weighted by Gasteiger charge is 2.18. The zero-order valence-corrected chi connectivity index (χ0v) is 24.2. The molecule has 0 amide bonds. The molecule has 6 aromatic carbocycles. The fourth-order valence-corrected chi connectivity index (χ4v) is 5.87. The summed E-state index contributed by atoms with van der Waals surface area (Å²) in [7, 11) is -3.73. The van der Waals surface area contributed by atoms with Crippen LogP contribution in [0.1, 0.15) is 5.56 Å². The van der Waals surface area contributed by atoms with Gasteiger partial charge in [-0.2, -0.15) is 0 Å². The zero-order valence-electron chi connectivity index (χ0n) is 23.3. The molecule has 0 saturated carbocycles. The highest BCUT2D eigenvalue weighted by Crippen LogP contribution is 2.31. The number of phenols is 1. The largest absolute Gasteiger partial charge is 0.508 e. The van der Waals surface area contributed by atoms with Crippen LogP contribution in [0.5, 0.6) is 28.7 Å². The lowest BCUT2D eigenvalue weighted by Crippen LogP contribution is -2.01. The summed E-state index contributed by atoms with van der Waals surface area (Å²) in [4.78, 5) is 0.343. The van der Waals surface area contributed by atoms with Gasteiger partial charge in [-0.1, -0.05) is 66.2 Å². The number of rotatable bonds is 8. The Morgan fingerprint density at radius 3 is 1.05 bits per heavy atom. The number of hydrogen-bond donors (Lipinski definition) is 1. The van der Waals surface area contributed by atoms with Crippen molar-refractivity contribution in [3.05, 3.63) is 151 Å². The van der Waals surface area contributed by atoms with Crippen LogP contribution >= 0.6 is 0 Å². The van der Waals surface area contributed by atoms with E-state index in [2.05, 4.69) is 31.2 Å². The molecule has 0 aliphatic heterocycles. The number of aryl methyl sites for hydroxylation is 1. The quantitative estimate of drug-likeness (QED) is 0.193. The molecule has 0 unspecified atom stereocenters. The standard InChI is InChI=1S/C37H28O5S/c1-26-2-4-27(5-3-26)29-8-14-32(15-9-29)41-34-18-22-36(23-19-34)43(39,40)37-24-20-35(21-25-37)42-33-16-10-30(11-17-33)28-6-12-31(38)13-7-28/h2-25,38H,1H3. The van der Waals surface area contributed by atoms with Crippen molar-refractivity contribution in [2.24, 2.45) is 0 Å². The van der Waals surface area contributed by atoms with E-state index >= 15 is 0 Å². The Kier molecular flexibility index (Phi) is 7.69. The number of aromatic hydroxyl groups is 1. The Morgan fingerprint density at radius 1 is 0.419 bits per heavy atom. The molecule has 0 spiro atoms. The van der Waals surface area contributed by atoms with E-state index in [0.29, 0.717) is 23.0 Å².